The highest BCUT2D eigenvalue weighted by molar-refractivity contribution is 9.10. The Balaban J connectivity index is 1.76. The van der Waals surface area contributed by atoms with Crippen LogP contribution in [0.4, 0.5) is 5.69 Å². The lowest BCUT2D eigenvalue weighted by atomic mass is 9.87. The van der Waals surface area contributed by atoms with Gasteiger partial charge in [-0.3, -0.25) is 4.79 Å². The summed E-state index contributed by atoms with van der Waals surface area (Å²) >= 11 is 3.40. The molecule has 1 fully saturated rings. The van der Waals surface area contributed by atoms with Gasteiger partial charge in [-0.05, 0) is 52.9 Å². The largest absolute Gasteiger partial charge is 0.379 e. The molecule has 25 heavy (non-hydrogen) atoms. The zero-order valence-corrected chi connectivity index (χ0v) is 16.6. The zero-order valence-electron chi connectivity index (χ0n) is 15.0. The molecule has 1 N–H and O–H groups in total. The summed E-state index contributed by atoms with van der Waals surface area (Å²) in [6, 6.07) is 9.26. The number of halogens is 1. The number of likely N-dealkylation sites (N-methyl/N-ethyl adjacent to an activating group) is 1. The predicted octanol–water partition coefficient (Wildman–Crippen LogP) is 3.01. The topological polar surface area (TPSA) is 50.2 Å². The normalized spacial score (nSPS) is 21.3. The van der Waals surface area contributed by atoms with E-state index in [0.717, 1.165) is 31.6 Å². The molecule has 1 aromatic carbocycles. The number of benzene rings is 1. The van der Waals surface area contributed by atoms with Crippen LogP contribution in [0.1, 0.15) is 30.4 Å². The van der Waals surface area contributed by atoms with Gasteiger partial charge in [0.15, 0.2) is 0 Å². The van der Waals surface area contributed by atoms with E-state index >= 15 is 0 Å². The Bertz CT molecular complexity index is 787. The van der Waals surface area contributed by atoms with E-state index in [2.05, 4.69) is 69.5 Å². The molecule has 134 valence electrons. The summed E-state index contributed by atoms with van der Waals surface area (Å²) < 4.78 is 1.88. The van der Waals surface area contributed by atoms with Gasteiger partial charge in [0.25, 0.3) is 5.56 Å². The van der Waals surface area contributed by atoms with E-state index in [1.165, 1.54) is 15.8 Å². The maximum absolute atomic E-state index is 12.0. The van der Waals surface area contributed by atoms with Crippen LogP contribution in [0.2, 0.25) is 0 Å². The van der Waals surface area contributed by atoms with Crippen LogP contribution in [0.5, 0.6) is 0 Å². The van der Waals surface area contributed by atoms with E-state index in [1.807, 2.05) is 0 Å². The molecule has 0 spiro atoms. The fourth-order valence-electron chi connectivity index (χ4n) is 3.52. The van der Waals surface area contributed by atoms with Crippen LogP contribution in [-0.4, -0.2) is 40.9 Å². The van der Waals surface area contributed by atoms with E-state index in [0.29, 0.717) is 10.4 Å². The van der Waals surface area contributed by atoms with Gasteiger partial charge in [-0.25, -0.2) is 4.68 Å². The summed E-state index contributed by atoms with van der Waals surface area (Å²) in [5.74, 6) is 0.487. The Morgan fingerprint density at radius 3 is 2.64 bits per heavy atom. The number of aryl methyl sites for hydroxylation is 2. The van der Waals surface area contributed by atoms with Gasteiger partial charge in [0.1, 0.15) is 4.47 Å². The van der Waals surface area contributed by atoms with Gasteiger partial charge in [-0.15, -0.1) is 0 Å². The number of hydrogen-bond acceptors (Lipinski definition) is 4. The Hall–Kier alpha value is -1.66. The molecular weight excluding hydrogens is 380 g/mol. The second kappa shape index (κ2) is 7.70. The molecule has 2 atom stereocenters. The Morgan fingerprint density at radius 2 is 1.96 bits per heavy atom. The second-order valence-electron chi connectivity index (χ2n) is 6.89. The fourth-order valence-corrected chi connectivity index (χ4v) is 4.00. The summed E-state index contributed by atoms with van der Waals surface area (Å²) in [7, 11) is 3.81. The highest BCUT2D eigenvalue weighted by Gasteiger charge is 2.27. The molecule has 1 aliphatic heterocycles. The molecule has 0 amide bonds. The Morgan fingerprint density at radius 1 is 1.24 bits per heavy atom. The van der Waals surface area contributed by atoms with Gasteiger partial charge in [-0.1, -0.05) is 31.2 Å². The van der Waals surface area contributed by atoms with Gasteiger partial charge < -0.3 is 10.2 Å². The second-order valence-corrected chi connectivity index (χ2v) is 7.68. The lowest BCUT2D eigenvalue weighted by Gasteiger charge is -2.37. The quantitative estimate of drug-likeness (QED) is 0.850. The molecule has 1 aliphatic rings. The van der Waals surface area contributed by atoms with E-state index in [9.17, 15) is 4.79 Å². The minimum atomic E-state index is -0.124. The number of rotatable bonds is 4. The summed E-state index contributed by atoms with van der Waals surface area (Å²) in [5, 5.41) is 7.62. The number of piperidine rings is 1. The SMILES string of the molecule is CCc1ccc(C2CC(Nc3cnn(C)c(=O)c3Br)CN(C)C2)cc1. The smallest absolute Gasteiger partial charge is 0.282 e. The number of aromatic nitrogens is 2. The molecular formula is C19H25BrN4O. The first-order valence-electron chi connectivity index (χ1n) is 8.73. The van der Waals surface area contributed by atoms with Gasteiger partial charge >= 0.3 is 0 Å². The van der Waals surface area contributed by atoms with Crippen molar-refractivity contribution < 1.29 is 0 Å². The summed E-state index contributed by atoms with van der Waals surface area (Å²) in [6.45, 7) is 4.18. The van der Waals surface area contributed by atoms with Crippen LogP contribution < -0.4 is 10.9 Å². The maximum atomic E-state index is 12.0. The standard InChI is InChI=1S/C19H25BrN4O/c1-4-13-5-7-14(8-6-13)15-9-16(12-23(2)11-15)22-17-10-21-24(3)19(25)18(17)20/h5-8,10,15-16,22H,4,9,11-12H2,1-3H3. The number of likely N-dealkylation sites (tertiary alicyclic amines) is 1. The Kier molecular flexibility index (Phi) is 5.59. The van der Waals surface area contributed by atoms with E-state index in [-0.39, 0.29) is 11.6 Å². The molecule has 1 saturated heterocycles. The highest BCUT2D eigenvalue weighted by Crippen LogP contribution is 2.29. The molecule has 5 nitrogen and oxygen atoms in total. The van der Waals surface area contributed by atoms with Crippen molar-refractivity contribution in [3.8, 4) is 0 Å². The average molecular weight is 405 g/mol. The minimum Gasteiger partial charge on any atom is -0.379 e. The maximum Gasteiger partial charge on any atom is 0.282 e. The lowest BCUT2D eigenvalue weighted by molar-refractivity contribution is 0.235. The van der Waals surface area contributed by atoms with Crippen molar-refractivity contribution in [2.24, 2.45) is 7.05 Å². The van der Waals surface area contributed by atoms with Crippen molar-refractivity contribution in [3.63, 3.8) is 0 Å². The third kappa shape index (κ3) is 4.12. The molecule has 3 rings (SSSR count). The van der Waals surface area contributed by atoms with Gasteiger partial charge in [-0.2, -0.15) is 5.10 Å². The van der Waals surface area contributed by atoms with Crippen molar-refractivity contribution in [2.75, 3.05) is 25.5 Å². The molecule has 2 heterocycles. The van der Waals surface area contributed by atoms with Crippen LogP contribution >= 0.6 is 15.9 Å². The van der Waals surface area contributed by atoms with Crippen LogP contribution in [0.15, 0.2) is 39.7 Å². The molecule has 2 unspecified atom stereocenters. The van der Waals surface area contributed by atoms with E-state index in [4.69, 9.17) is 0 Å². The first kappa shape index (κ1) is 18.1. The van der Waals surface area contributed by atoms with Crippen molar-refractivity contribution in [1.82, 2.24) is 14.7 Å². The zero-order chi connectivity index (χ0) is 18.0. The van der Waals surface area contributed by atoms with Crippen molar-refractivity contribution in [1.29, 1.82) is 0 Å². The summed E-state index contributed by atoms with van der Waals surface area (Å²) in [4.78, 5) is 14.4. The first-order chi connectivity index (χ1) is 12.0. The van der Waals surface area contributed by atoms with E-state index in [1.54, 1.807) is 13.2 Å². The highest BCUT2D eigenvalue weighted by atomic mass is 79.9. The van der Waals surface area contributed by atoms with Crippen molar-refractivity contribution >= 4 is 21.6 Å². The number of anilines is 1. The number of nitrogens with zero attached hydrogens (tertiary/aromatic N) is 3. The summed E-state index contributed by atoms with van der Waals surface area (Å²) in [6.07, 6.45) is 3.82. The van der Waals surface area contributed by atoms with Crippen LogP contribution in [0, 0.1) is 0 Å². The van der Waals surface area contributed by atoms with E-state index < -0.39 is 0 Å². The number of hydrogen-bond donors (Lipinski definition) is 1. The monoisotopic (exact) mass is 404 g/mol. The lowest BCUT2D eigenvalue weighted by Crippen LogP contribution is -2.43. The fraction of sp³-hybridized carbons (Fsp3) is 0.474. The molecule has 0 saturated carbocycles. The first-order valence-corrected chi connectivity index (χ1v) is 9.53. The van der Waals surface area contributed by atoms with Crippen molar-refractivity contribution in [2.45, 2.75) is 31.7 Å². The predicted molar refractivity (Wildman–Crippen MR) is 105 cm³/mol. The van der Waals surface area contributed by atoms with Crippen LogP contribution in [0.25, 0.3) is 0 Å². The van der Waals surface area contributed by atoms with Gasteiger partial charge in [0.05, 0.1) is 11.9 Å². The molecule has 6 heteroatoms. The average Bonchev–Trinajstić information content (AvgIpc) is 2.62. The minimum absolute atomic E-state index is 0.124. The molecule has 1 aromatic heterocycles. The summed E-state index contributed by atoms with van der Waals surface area (Å²) in [5.41, 5.74) is 3.40. The third-order valence-electron chi connectivity index (χ3n) is 4.93. The van der Waals surface area contributed by atoms with Crippen LogP contribution in [0.3, 0.4) is 0 Å². The van der Waals surface area contributed by atoms with Crippen molar-refractivity contribution in [3.05, 3.63) is 56.4 Å². The molecule has 0 radical (unpaired) electrons. The van der Waals surface area contributed by atoms with Crippen LogP contribution in [-0.2, 0) is 13.5 Å². The Labute approximate surface area is 157 Å². The molecule has 0 aliphatic carbocycles. The number of nitrogens with one attached hydrogen (secondary N) is 1. The molecule has 0 bridgehead atoms. The van der Waals surface area contributed by atoms with Gasteiger partial charge in [0, 0.05) is 26.2 Å². The molecule has 2 aromatic rings. The van der Waals surface area contributed by atoms with Gasteiger partial charge in [0.2, 0.25) is 0 Å². The third-order valence-corrected chi connectivity index (χ3v) is 5.70.